The number of hydrogen-bond acceptors (Lipinski definition) is 4. The zero-order valence-electron chi connectivity index (χ0n) is 12.6. The van der Waals surface area contributed by atoms with E-state index in [1.165, 1.54) is 12.1 Å². The molecule has 0 unspecified atom stereocenters. The second-order valence-electron chi connectivity index (χ2n) is 6.60. The molecule has 1 aliphatic heterocycles. The molecule has 118 valence electrons. The number of allylic oxidation sites excluding steroid dienone is 2. The van der Waals surface area contributed by atoms with Crippen LogP contribution < -0.4 is 4.90 Å². The lowest BCUT2D eigenvalue weighted by atomic mass is 9.63. The Kier molecular flexibility index (Phi) is 2.91. The fourth-order valence-electron chi connectivity index (χ4n) is 4.28. The first kappa shape index (κ1) is 14.1. The van der Waals surface area contributed by atoms with Crippen LogP contribution in [0, 0.1) is 40.7 Å². The summed E-state index contributed by atoms with van der Waals surface area (Å²) < 4.78 is 0. The van der Waals surface area contributed by atoms with Crippen LogP contribution in [0.1, 0.15) is 18.4 Å². The van der Waals surface area contributed by atoms with E-state index < -0.39 is 4.92 Å². The monoisotopic (exact) mass is 312 g/mol. The third kappa shape index (κ3) is 1.87. The number of carbonyl (C=O) groups is 2. The molecule has 6 nitrogen and oxygen atoms in total. The highest BCUT2D eigenvalue weighted by atomic mass is 16.6. The van der Waals surface area contributed by atoms with Gasteiger partial charge >= 0.3 is 0 Å². The fraction of sp³-hybridized carbons (Fsp3) is 0.412. The van der Waals surface area contributed by atoms with Crippen LogP contribution in [0.5, 0.6) is 0 Å². The van der Waals surface area contributed by atoms with Crippen LogP contribution in [0.15, 0.2) is 30.4 Å². The van der Waals surface area contributed by atoms with Crippen LogP contribution in [0.4, 0.5) is 11.4 Å². The SMILES string of the molecule is Cc1ccc(N2C(=O)[C@@H]3[C@@H](C2=O)[C@@H]2C=C[C@@H]3CC2)c([N+](=O)[O-])c1. The molecule has 0 N–H and O–H groups in total. The van der Waals surface area contributed by atoms with Gasteiger partial charge in [-0.15, -0.1) is 0 Å². The highest BCUT2D eigenvalue weighted by Crippen LogP contribution is 2.51. The molecule has 3 aliphatic carbocycles. The van der Waals surface area contributed by atoms with Crippen LogP contribution in [-0.4, -0.2) is 16.7 Å². The molecule has 1 aromatic carbocycles. The summed E-state index contributed by atoms with van der Waals surface area (Å²) in [5.74, 6) is -1.12. The first-order chi connectivity index (χ1) is 11.0. The predicted octanol–water partition coefficient (Wildman–Crippen LogP) is 2.60. The number of aryl methyl sites for hydroxylation is 1. The second-order valence-corrected chi connectivity index (χ2v) is 6.60. The van der Waals surface area contributed by atoms with Crippen LogP contribution in [0.3, 0.4) is 0 Å². The molecule has 4 atom stereocenters. The number of amides is 2. The minimum Gasteiger partial charge on any atom is -0.274 e. The van der Waals surface area contributed by atoms with E-state index in [-0.39, 0.29) is 46.9 Å². The number of rotatable bonds is 2. The van der Waals surface area contributed by atoms with Crippen molar-refractivity contribution in [3.8, 4) is 0 Å². The predicted molar refractivity (Wildman–Crippen MR) is 82.7 cm³/mol. The molecule has 0 radical (unpaired) electrons. The van der Waals surface area contributed by atoms with Crippen molar-refractivity contribution in [3.05, 3.63) is 46.0 Å². The van der Waals surface area contributed by atoms with Crippen LogP contribution >= 0.6 is 0 Å². The average molecular weight is 312 g/mol. The minimum atomic E-state index is -0.530. The Hall–Kier alpha value is -2.50. The maximum absolute atomic E-state index is 12.8. The first-order valence-corrected chi connectivity index (χ1v) is 7.80. The quantitative estimate of drug-likeness (QED) is 0.364. The molecule has 5 rings (SSSR count). The molecule has 1 saturated heterocycles. The lowest BCUT2D eigenvalue weighted by molar-refractivity contribution is -0.384. The Balaban J connectivity index is 1.81. The second kappa shape index (κ2) is 4.75. The Bertz CT molecular complexity index is 738. The van der Waals surface area contributed by atoms with Crippen molar-refractivity contribution >= 4 is 23.2 Å². The molecule has 2 bridgehead atoms. The highest BCUT2D eigenvalue weighted by Gasteiger charge is 2.57. The summed E-state index contributed by atoms with van der Waals surface area (Å²) in [6.45, 7) is 1.74. The Morgan fingerprint density at radius 3 is 2.13 bits per heavy atom. The van der Waals surface area contributed by atoms with Crippen molar-refractivity contribution in [1.29, 1.82) is 0 Å². The molecule has 1 aromatic rings. The molecule has 23 heavy (non-hydrogen) atoms. The van der Waals surface area contributed by atoms with E-state index in [0.717, 1.165) is 23.3 Å². The Labute approximate surface area is 132 Å². The molecular formula is C17H16N2O4. The molecule has 6 heteroatoms. The van der Waals surface area contributed by atoms with Gasteiger partial charge in [-0.1, -0.05) is 18.2 Å². The maximum Gasteiger partial charge on any atom is 0.293 e. The molecule has 2 fully saturated rings. The van der Waals surface area contributed by atoms with E-state index in [9.17, 15) is 19.7 Å². The summed E-state index contributed by atoms with van der Waals surface area (Å²) in [5.41, 5.74) is 0.633. The molecule has 2 amide bonds. The van der Waals surface area contributed by atoms with Gasteiger partial charge in [-0.2, -0.15) is 0 Å². The fourth-order valence-corrected chi connectivity index (χ4v) is 4.28. The number of hydrogen-bond donors (Lipinski definition) is 0. The van der Waals surface area contributed by atoms with Crippen molar-refractivity contribution in [1.82, 2.24) is 0 Å². The molecular weight excluding hydrogens is 296 g/mol. The number of benzene rings is 1. The van der Waals surface area contributed by atoms with E-state index in [4.69, 9.17) is 0 Å². The number of anilines is 1. The lowest BCUT2D eigenvalue weighted by Crippen LogP contribution is -2.38. The number of nitro groups is 1. The standard InChI is InChI=1S/C17H16N2O4/c1-9-2-7-12(13(8-9)19(22)23)18-16(20)14-10-3-4-11(6-5-10)15(14)17(18)21/h2-4,7-8,10-11,14-15H,5-6H2,1H3/t10-,11-,14+,15+/m1/s1. The van der Waals surface area contributed by atoms with Crippen molar-refractivity contribution in [2.45, 2.75) is 19.8 Å². The van der Waals surface area contributed by atoms with Crippen molar-refractivity contribution < 1.29 is 14.5 Å². The van der Waals surface area contributed by atoms with Gasteiger partial charge < -0.3 is 0 Å². The third-order valence-electron chi connectivity index (χ3n) is 5.33. The van der Waals surface area contributed by atoms with Crippen molar-refractivity contribution in [3.63, 3.8) is 0 Å². The Morgan fingerprint density at radius 1 is 1.09 bits per heavy atom. The minimum absolute atomic E-state index is 0.0796. The largest absolute Gasteiger partial charge is 0.293 e. The molecule has 4 aliphatic rings. The number of imide groups is 1. The number of fused-ring (bicyclic) bond motifs is 1. The van der Waals surface area contributed by atoms with Gasteiger partial charge in [0.1, 0.15) is 5.69 Å². The van der Waals surface area contributed by atoms with Gasteiger partial charge in [0.25, 0.3) is 5.69 Å². The van der Waals surface area contributed by atoms with E-state index >= 15 is 0 Å². The molecule has 0 aromatic heterocycles. The Morgan fingerprint density at radius 2 is 1.65 bits per heavy atom. The van der Waals surface area contributed by atoms with Crippen molar-refractivity contribution in [2.24, 2.45) is 23.7 Å². The normalized spacial score (nSPS) is 31.6. The van der Waals surface area contributed by atoms with Crippen LogP contribution in [-0.2, 0) is 9.59 Å². The van der Waals surface area contributed by atoms with Crippen LogP contribution in [0.2, 0.25) is 0 Å². The van der Waals surface area contributed by atoms with Gasteiger partial charge in [0.05, 0.1) is 16.8 Å². The summed E-state index contributed by atoms with van der Waals surface area (Å²) in [6, 6.07) is 4.61. The number of carbonyl (C=O) groups excluding carboxylic acids is 2. The number of nitro benzene ring substituents is 1. The van der Waals surface area contributed by atoms with E-state index in [0.29, 0.717) is 0 Å². The summed E-state index contributed by atoms with van der Waals surface area (Å²) in [4.78, 5) is 37.6. The van der Waals surface area contributed by atoms with E-state index in [1.54, 1.807) is 13.0 Å². The van der Waals surface area contributed by atoms with Gasteiger partial charge in [0.15, 0.2) is 0 Å². The third-order valence-corrected chi connectivity index (χ3v) is 5.33. The van der Waals surface area contributed by atoms with Crippen LogP contribution in [0.25, 0.3) is 0 Å². The first-order valence-electron chi connectivity index (χ1n) is 7.80. The van der Waals surface area contributed by atoms with Gasteiger partial charge in [-0.3, -0.25) is 19.7 Å². The number of nitrogens with zero attached hydrogens (tertiary/aromatic N) is 2. The lowest BCUT2D eigenvalue weighted by Gasteiger charge is -2.38. The highest BCUT2D eigenvalue weighted by molar-refractivity contribution is 6.23. The average Bonchev–Trinajstić information content (AvgIpc) is 2.82. The molecule has 0 spiro atoms. The summed E-state index contributed by atoms with van der Waals surface area (Å²) >= 11 is 0. The van der Waals surface area contributed by atoms with E-state index in [1.807, 2.05) is 12.2 Å². The summed E-state index contributed by atoms with van der Waals surface area (Å²) in [7, 11) is 0. The van der Waals surface area contributed by atoms with Gasteiger partial charge in [0, 0.05) is 6.07 Å². The molecule has 1 heterocycles. The van der Waals surface area contributed by atoms with Gasteiger partial charge in [0.2, 0.25) is 11.8 Å². The maximum atomic E-state index is 12.8. The van der Waals surface area contributed by atoms with Gasteiger partial charge in [-0.25, -0.2) is 4.90 Å². The zero-order chi connectivity index (χ0) is 16.3. The van der Waals surface area contributed by atoms with Crippen molar-refractivity contribution in [2.75, 3.05) is 4.90 Å². The summed E-state index contributed by atoms with van der Waals surface area (Å²) in [5, 5.41) is 11.3. The zero-order valence-corrected chi connectivity index (χ0v) is 12.6. The topological polar surface area (TPSA) is 80.5 Å². The smallest absolute Gasteiger partial charge is 0.274 e. The summed E-state index contributed by atoms with van der Waals surface area (Å²) in [6.07, 6.45) is 5.89. The van der Waals surface area contributed by atoms with E-state index in [2.05, 4.69) is 0 Å². The van der Waals surface area contributed by atoms with Gasteiger partial charge in [-0.05, 0) is 43.2 Å². The molecule has 1 saturated carbocycles.